The molecule has 2 aliphatic heterocycles. The second-order valence-corrected chi connectivity index (χ2v) is 10.9. The van der Waals surface area contributed by atoms with Gasteiger partial charge in [-0.05, 0) is 67.3 Å². The Balaban J connectivity index is 1.36. The van der Waals surface area contributed by atoms with Crippen molar-refractivity contribution in [1.82, 2.24) is 15.2 Å². The highest BCUT2D eigenvalue weighted by Crippen LogP contribution is 2.30. The molecule has 2 unspecified atom stereocenters. The van der Waals surface area contributed by atoms with Gasteiger partial charge >= 0.3 is 12.0 Å². The van der Waals surface area contributed by atoms with E-state index in [4.69, 9.17) is 4.74 Å². The quantitative estimate of drug-likeness (QED) is 0.289. The van der Waals surface area contributed by atoms with Crippen molar-refractivity contribution in [2.75, 3.05) is 48.3 Å². The van der Waals surface area contributed by atoms with Crippen molar-refractivity contribution in [3.8, 4) is 0 Å². The van der Waals surface area contributed by atoms with E-state index in [1.807, 2.05) is 30.0 Å². The Labute approximate surface area is 255 Å². The number of hydrogen-bond donors (Lipinski definition) is 4. The fraction of sp³-hybridized carbons (Fsp3) is 0.344. The maximum Gasteiger partial charge on any atom is 0.323 e. The molecule has 3 heterocycles. The van der Waals surface area contributed by atoms with Gasteiger partial charge in [-0.2, -0.15) is 0 Å². The highest BCUT2D eigenvalue weighted by Gasteiger charge is 2.31. The minimum Gasteiger partial charge on any atom is -0.481 e. The van der Waals surface area contributed by atoms with E-state index in [1.165, 1.54) is 6.20 Å². The molecule has 2 saturated heterocycles. The molecular weight excluding hydrogens is 564 g/mol. The Bertz CT molecular complexity index is 1500. The lowest BCUT2D eigenvalue weighted by Crippen LogP contribution is -2.51. The smallest absolute Gasteiger partial charge is 0.323 e. The number of hydrogen-bond acceptors (Lipinski definition) is 7. The summed E-state index contributed by atoms with van der Waals surface area (Å²) >= 11 is 0. The van der Waals surface area contributed by atoms with Gasteiger partial charge in [0.05, 0.1) is 23.8 Å². The number of carbonyl (C=O) groups excluding carboxylic acids is 3. The number of nitrogens with one attached hydrogen (secondary N) is 3. The number of carbonyl (C=O) groups is 4. The molecule has 44 heavy (non-hydrogen) atoms. The summed E-state index contributed by atoms with van der Waals surface area (Å²) in [5, 5.41) is 18.0. The predicted octanol–water partition coefficient (Wildman–Crippen LogP) is 3.81. The maximum absolute atomic E-state index is 13.4. The van der Waals surface area contributed by atoms with Gasteiger partial charge < -0.3 is 35.6 Å². The summed E-state index contributed by atoms with van der Waals surface area (Å²) in [5.41, 5.74) is 3.50. The molecule has 4 amide bonds. The van der Waals surface area contributed by atoms with Crippen molar-refractivity contribution in [2.45, 2.75) is 38.3 Å². The number of nitrogens with zero attached hydrogens (tertiary/aromatic N) is 3. The molecule has 0 bridgehead atoms. The fourth-order valence-electron chi connectivity index (χ4n) is 5.45. The van der Waals surface area contributed by atoms with Gasteiger partial charge in [0.1, 0.15) is 6.10 Å². The average Bonchev–Trinajstić information content (AvgIpc) is 3.56. The summed E-state index contributed by atoms with van der Waals surface area (Å²) in [6.07, 6.45) is 4.01. The van der Waals surface area contributed by atoms with Gasteiger partial charge in [0.25, 0.3) is 11.8 Å². The first-order chi connectivity index (χ1) is 21.3. The molecule has 2 fully saturated rings. The Morgan fingerprint density at radius 3 is 2.52 bits per heavy atom. The third-order valence-corrected chi connectivity index (χ3v) is 7.69. The lowest BCUT2D eigenvalue weighted by atomic mass is 10.0. The largest absolute Gasteiger partial charge is 0.481 e. The summed E-state index contributed by atoms with van der Waals surface area (Å²) in [6.45, 7) is 4.58. The number of rotatable bonds is 9. The Kier molecular flexibility index (Phi) is 9.70. The van der Waals surface area contributed by atoms with E-state index in [0.29, 0.717) is 55.4 Å². The number of carboxylic acids is 1. The van der Waals surface area contributed by atoms with E-state index in [9.17, 15) is 24.3 Å². The molecule has 12 nitrogen and oxygen atoms in total. The van der Waals surface area contributed by atoms with Crippen LogP contribution in [0.3, 0.4) is 0 Å². The van der Waals surface area contributed by atoms with Crippen molar-refractivity contribution in [3.05, 3.63) is 83.7 Å². The Hall–Kier alpha value is -4.97. The van der Waals surface area contributed by atoms with Gasteiger partial charge in [0.2, 0.25) is 0 Å². The first-order valence-corrected chi connectivity index (χ1v) is 14.6. The zero-order valence-corrected chi connectivity index (χ0v) is 24.5. The number of urea groups is 1. The topological polar surface area (TPSA) is 153 Å². The number of ether oxygens (including phenoxy) is 1. The zero-order valence-electron chi connectivity index (χ0n) is 24.5. The summed E-state index contributed by atoms with van der Waals surface area (Å²) in [7, 11) is 0. The molecule has 0 saturated carbocycles. The maximum atomic E-state index is 13.4. The molecule has 0 spiro atoms. The van der Waals surface area contributed by atoms with Crippen molar-refractivity contribution in [3.63, 3.8) is 0 Å². The van der Waals surface area contributed by atoms with Crippen molar-refractivity contribution in [1.29, 1.82) is 0 Å². The van der Waals surface area contributed by atoms with E-state index < -0.39 is 23.9 Å². The molecule has 12 heteroatoms. The highest BCUT2D eigenvalue weighted by molar-refractivity contribution is 6.04. The Morgan fingerprint density at radius 1 is 1.02 bits per heavy atom. The number of aromatic nitrogens is 1. The minimum absolute atomic E-state index is 0.00887. The van der Waals surface area contributed by atoms with E-state index in [2.05, 4.69) is 25.8 Å². The lowest BCUT2D eigenvalue weighted by molar-refractivity contribution is -0.141. The van der Waals surface area contributed by atoms with Gasteiger partial charge in [-0.3, -0.25) is 19.4 Å². The van der Waals surface area contributed by atoms with Crippen LogP contribution in [0.2, 0.25) is 0 Å². The van der Waals surface area contributed by atoms with Crippen LogP contribution in [0.15, 0.2) is 67.0 Å². The predicted molar refractivity (Wildman–Crippen MR) is 165 cm³/mol. The molecule has 1 aromatic heterocycles. The van der Waals surface area contributed by atoms with Crippen LogP contribution < -0.4 is 20.9 Å². The number of benzene rings is 2. The second kappa shape index (κ2) is 14.0. The van der Waals surface area contributed by atoms with Crippen LogP contribution in [0, 0.1) is 6.92 Å². The first-order valence-electron chi connectivity index (χ1n) is 14.6. The van der Waals surface area contributed by atoms with Crippen LogP contribution in [0.25, 0.3) is 0 Å². The Morgan fingerprint density at radius 2 is 1.84 bits per heavy atom. The van der Waals surface area contributed by atoms with E-state index in [1.54, 1.807) is 42.6 Å². The molecule has 2 aromatic carbocycles. The first kappa shape index (κ1) is 30.5. The average molecular weight is 601 g/mol. The second-order valence-electron chi connectivity index (χ2n) is 10.9. The SMILES string of the molecule is Cc1cccc(NC(=O)Nc2cc(C(=O)NC(CC(=O)O)c3cccnc3)ccc2N2CCN(C(=O)C3CCCO3)CC2)c1. The third-order valence-electron chi connectivity index (χ3n) is 7.69. The highest BCUT2D eigenvalue weighted by atomic mass is 16.5. The molecule has 0 radical (unpaired) electrons. The van der Waals surface area contributed by atoms with Gasteiger partial charge in [-0.1, -0.05) is 18.2 Å². The number of aryl methyl sites for hydroxylation is 1. The number of aliphatic carboxylic acids is 1. The van der Waals surface area contributed by atoms with Crippen LogP contribution in [0.1, 0.15) is 46.8 Å². The van der Waals surface area contributed by atoms with Crippen molar-refractivity contribution < 1.29 is 29.0 Å². The monoisotopic (exact) mass is 600 g/mol. The van der Waals surface area contributed by atoms with Gasteiger partial charge in [-0.15, -0.1) is 0 Å². The minimum atomic E-state index is -1.07. The molecule has 5 rings (SSSR count). The molecular formula is C32H36N6O6. The molecule has 4 N–H and O–H groups in total. The van der Waals surface area contributed by atoms with E-state index in [0.717, 1.165) is 18.4 Å². The normalized spacial score (nSPS) is 17.1. The van der Waals surface area contributed by atoms with Crippen molar-refractivity contribution in [2.24, 2.45) is 0 Å². The van der Waals surface area contributed by atoms with Gasteiger partial charge in [0.15, 0.2) is 0 Å². The van der Waals surface area contributed by atoms with Gasteiger partial charge in [0, 0.05) is 56.4 Å². The van der Waals surface area contributed by atoms with Gasteiger partial charge in [-0.25, -0.2) is 4.79 Å². The molecule has 0 aliphatic carbocycles. The van der Waals surface area contributed by atoms with Crippen LogP contribution in [0.5, 0.6) is 0 Å². The number of carboxylic acid groups (broad SMARTS) is 1. The zero-order chi connectivity index (χ0) is 31.1. The summed E-state index contributed by atoms with van der Waals surface area (Å²) in [5.74, 6) is -1.56. The molecule has 2 aliphatic rings. The fourth-order valence-corrected chi connectivity index (χ4v) is 5.45. The van der Waals surface area contributed by atoms with Crippen LogP contribution in [-0.2, 0) is 14.3 Å². The van der Waals surface area contributed by atoms with Crippen LogP contribution >= 0.6 is 0 Å². The number of amides is 4. The summed E-state index contributed by atoms with van der Waals surface area (Å²) in [6, 6.07) is 14.5. The number of piperazine rings is 1. The van der Waals surface area contributed by atoms with E-state index >= 15 is 0 Å². The number of pyridine rings is 1. The van der Waals surface area contributed by atoms with Crippen molar-refractivity contribution >= 4 is 40.9 Å². The summed E-state index contributed by atoms with van der Waals surface area (Å²) in [4.78, 5) is 58.8. The molecule has 2 atom stereocenters. The van der Waals surface area contributed by atoms with Crippen LogP contribution in [0.4, 0.5) is 21.9 Å². The summed E-state index contributed by atoms with van der Waals surface area (Å²) < 4.78 is 5.58. The lowest BCUT2D eigenvalue weighted by Gasteiger charge is -2.37. The van der Waals surface area contributed by atoms with E-state index in [-0.39, 0.29) is 24.0 Å². The number of anilines is 3. The molecule has 230 valence electrons. The third kappa shape index (κ3) is 7.70. The standard InChI is InChI=1S/C32H36N6O6/c1-21-5-2-7-24(17-21)34-32(43)36-26-18-22(30(41)35-25(19-29(39)40)23-6-3-11-33-20-23)9-10-27(26)37-12-14-38(15-13-37)31(42)28-8-4-16-44-28/h2-3,5-7,9-11,17-18,20,25,28H,4,8,12-16,19H2,1H3,(H,35,41)(H,39,40)(H2,34,36,43). The molecule has 3 aromatic rings. The van der Waals surface area contributed by atoms with Crippen LogP contribution in [-0.4, -0.2) is 77.7 Å².